The van der Waals surface area contributed by atoms with Crippen LogP contribution in [-0.4, -0.2) is 35.9 Å². The second-order valence-corrected chi connectivity index (χ2v) is 8.43. The van der Waals surface area contributed by atoms with E-state index in [1.807, 2.05) is 52.0 Å². The molecule has 1 atom stereocenters. The van der Waals surface area contributed by atoms with E-state index in [0.717, 1.165) is 16.7 Å². The summed E-state index contributed by atoms with van der Waals surface area (Å²) in [4.78, 5) is 27.2. The van der Waals surface area contributed by atoms with Crippen molar-refractivity contribution in [3.63, 3.8) is 0 Å². The van der Waals surface area contributed by atoms with Crippen LogP contribution in [0.5, 0.6) is 5.75 Å². The van der Waals surface area contributed by atoms with Gasteiger partial charge < -0.3 is 15.0 Å². The number of amides is 2. The van der Waals surface area contributed by atoms with Gasteiger partial charge in [0.05, 0.1) is 0 Å². The molecule has 162 valence electrons. The molecule has 0 radical (unpaired) electrons. The van der Waals surface area contributed by atoms with Crippen LogP contribution in [0.1, 0.15) is 37.5 Å². The Hall–Kier alpha value is -2.53. The summed E-state index contributed by atoms with van der Waals surface area (Å²) >= 11 is 6.05. The lowest BCUT2D eigenvalue weighted by Gasteiger charge is -2.29. The van der Waals surface area contributed by atoms with Crippen LogP contribution >= 0.6 is 11.6 Å². The Bertz CT molecular complexity index is 883. The fourth-order valence-electron chi connectivity index (χ4n) is 2.98. The van der Waals surface area contributed by atoms with Crippen molar-refractivity contribution >= 4 is 23.4 Å². The Morgan fingerprint density at radius 3 is 2.47 bits per heavy atom. The molecule has 2 amide bonds. The number of hydrogen-bond acceptors (Lipinski definition) is 3. The molecule has 0 fully saturated rings. The molecule has 1 N–H and O–H groups in total. The van der Waals surface area contributed by atoms with Gasteiger partial charge in [0.15, 0.2) is 6.61 Å². The standard InChI is InChI=1S/C24H31ClN2O3/c1-16(2)13-26-24(29)19(5)27(14-20-8-6-7-17(3)11-20)23(28)15-30-21-9-10-22(25)18(4)12-21/h6-12,16,19H,13-15H2,1-5H3,(H,26,29)/t19-/m1/s1. The summed E-state index contributed by atoms with van der Waals surface area (Å²) in [6.45, 7) is 10.4. The summed E-state index contributed by atoms with van der Waals surface area (Å²) in [7, 11) is 0. The van der Waals surface area contributed by atoms with E-state index in [-0.39, 0.29) is 18.4 Å². The number of hydrogen-bond donors (Lipinski definition) is 1. The highest BCUT2D eigenvalue weighted by molar-refractivity contribution is 6.31. The molecule has 0 aromatic heterocycles. The van der Waals surface area contributed by atoms with Crippen LogP contribution in [-0.2, 0) is 16.1 Å². The first-order valence-corrected chi connectivity index (χ1v) is 10.6. The van der Waals surface area contributed by atoms with Crippen LogP contribution in [0, 0.1) is 19.8 Å². The van der Waals surface area contributed by atoms with Crippen molar-refractivity contribution < 1.29 is 14.3 Å². The van der Waals surface area contributed by atoms with Gasteiger partial charge in [0.2, 0.25) is 5.91 Å². The molecule has 0 aliphatic rings. The Labute approximate surface area is 184 Å². The van der Waals surface area contributed by atoms with Crippen LogP contribution in [0.15, 0.2) is 42.5 Å². The predicted octanol–water partition coefficient (Wildman–Crippen LogP) is 4.53. The van der Waals surface area contributed by atoms with Crippen LogP contribution in [0.25, 0.3) is 0 Å². The number of ether oxygens (including phenoxy) is 1. The Kier molecular flexibility index (Phi) is 8.72. The summed E-state index contributed by atoms with van der Waals surface area (Å²) in [5.74, 6) is 0.472. The van der Waals surface area contributed by atoms with E-state index in [9.17, 15) is 9.59 Å². The van der Waals surface area contributed by atoms with Crippen LogP contribution in [0.4, 0.5) is 0 Å². The third-order valence-electron chi connectivity index (χ3n) is 4.78. The number of carbonyl (C=O) groups excluding carboxylic acids is 2. The quantitative estimate of drug-likeness (QED) is 0.636. The van der Waals surface area contributed by atoms with Gasteiger partial charge in [0.25, 0.3) is 5.91 Å². The first-order chi connectivity index (χ1) is 14.2. The predicted molar refractivity (Wildman–Crippen MR) is 121 cm³/mol. The molecule has 0 bridgehead atoms. The summed E-state index contributed by atoms with van der Waals surface area (Å²) in [6.07, 6.45) is 0. The average molecular weight is 431 g/mol. The van der Waals surface area contributed by atoms with Gasteiger partial charge in [-0.05, 0) is 56.0 Å². The molecule has 0 saturated carbocycles. The topological polar surface area (TPSA) is 58.6 Å². The monoisotopic (exact) mass is 430 g/mol. The molecule has 0 spiro atoms. The maximum Gasteiger partial charge on any atom is 0.261 e. The highest BCUT2D eigenvalue weighted by atomic mass is 35.5. The molecule has 0 aliphatic carbocycles. The number of halogens is 1. The van der Waals surface area contributed by atoms with Gasteiger partial charge in [0, 0.05) is 18.1 Å². The van der Waals surface area contributed by atoms with Crippen molar-refractivity contribution in [1.82, 2.24) is 10.2 Å². The SMILES string of the molecule is Cc1cccc(CN(C(=O)COc2ccc(Cl)c(C)c2)[C@H](C)C(=O)NCC(C)C)c1. The second kappa shape index (κ2) is 11.0. The molecule has 0 aliphatic heterocycles. The van der Waals surface area contributed by atoms with E-state index in [2.05, 4.69) is 5.32 Å². The molecule has 2 rings (SSSR count). The molecule has 2 aromatic carbocycles. The van der Waals surface area contributed by atoms with Gasteiger partial charge in [-0.2, -0.15) is 0 Å². The van der Waals surface area contributed by atoms with Crippen molar-refractivity contribution in [2.75, 3.05) is 13.2 Å². The minimum Gasteiger partial charge on any atom is -0.484 e. The minimum atomic E-state index is -0.618. The average Bonchev–Trinajstić information content (AvgIpc) is 2.70. The first-order valence-electron chi connectivity index (χ1n) is 10.2. The Balaban J connectivity index is 2.14. The Morgan fingerprint density at radius 1 is 1.10 bits per heavy atom. The van der Waals surface area contributed by atoms with Crippen molar-refractivity contribution in [2.45, 2.75) is 47.2 Å². The number of carbonyl (C=O) groups is 2. The number of aryl methyl sites for hydroxylation is 2. The molecule has 6 heteroatoms. The molecule has 5 nitrogen and oxygen atoms in total. The van der Waals surface area contributed by atoms with Crippen molar-refractivity contribution in [3.05, 3.63) is 64.2 Å². The lowest BCUT2D eigenvalue weighted by atomic mass is 10.1. The van der Waals surface area contributed by atoms with E-state index >= 15 is 0 Å². The van der Waals surface area contributed by atoms with E-state index in [1.165, 1.54) is 0 Å². The van der Waals surface area contributed by atoms with Gasteiger partial charge in [-0.15, -0.1) is 0 Å². The lowest BCUT2D eigenvalue weighted by molar-refractivity contribution is -0.142. The van der Waals surface area contributed by atoms with Gasteiger partial charge >= 0.3 is 0 Å². The maximum absolute atomic E-state index is 13.0. The van der Waals surface area contributed by atoms with Crippen LogP contribution in [0.3, 0.4) is 0 Å². The molecule has 0 unspecified atom stereocenters. The van der Waals surface area contributed by atoms with Gasteiger partial charge in [0.1, 0.15) is 11.8 Å². The first kappa shape index (κ1) is 23.7. The minimum absolute atomic E-state index is 0.158. The number of nitrogens with one attached hydrogen (secondary N) is 1. The number of rotatable bonds is 9. The molecule has 0 saturated heterocycles. The number of nitrogens with zero attached hydrogens (tertiary/aromatic N) is 1. The normalized spacial score (nSPS) is 11.8. The molecule has 0 heterocycles. The van der Waals surface area contributed by atoms with E-state index in [1.54, 1.807) is 30.0 Å². The van der Waals surface area contributed by atoms with Gasteiger partial charge in [-0.3, -0.25) is 9.59 Å². The molecule has 30 heavy (non-hydrogen) atoms. The largest absolute Gasteiger partial charge is 0.484 e. The highest BCUT2D eigenvalue weighted by Gasteiger charge is 2.26. The summed E-state index contributed by atoms with van der Waals surface area (Å²) in [5.41, 5.74) is 2.94. The van der Waals surface area contributed by atoms with Gasteiger partial charge in [-0.1, -0.05) is 55.3 Å². The lowest BCUT2D eigenvalue weighted by Crippen LogP contribution is -2.49. The van der Waals surface area contributed by atoms with E-state index < -0.39 is 6.04 Å². The zero-order valence-corrected chi connectivity index (χ0v) is 19.1. The zero-order chi connectivity index (χ0) is 22.3. The van der Waals surface area contributed by atoms with Crippen molar-refractivity contribution in [2.24, 2.45) is 5.92 Å². The summed E-state index contributed by atoms with van der Waals surface area (Å²) in [6, 6.07) is 12.6. The summed E-state index contributed by atoms with van der Waals surface area (Å²) < 4.78 is 5.69. The zero-order valence-electron chi connectivity index (χ0n) is 18.4. The van der Waals surface area contributed by atoms with Crippen molar-refractivity contribution in [1.29, 1.82) is 0 Å². The maximum atomic E-state index is 13.0. The fourth-order valence-corrected chi connectivity index (χ4v) is 3.09. The molecular formula is C24H31ClN2O3. The number of benzene rings is 2. The van der Waals surface area contributed by atoms with Crippen LogP contribution < -0.4 is 10.1 Å². The fraction of sp³-hybridized carbons (Fsp3) is 0.417. The van der Waals surface area contributed by atoms with Crippen LogP contribution in [0.2, 0.25) is 5.02 Å². The third kappa shape index (κ3) is 7.06. The second-order valence-electron chi connectivity index (χ2n) is 8.03. The Morgan fingerprint density at radius 2 is 1.83 bits per heavy atom. The van der Waals surface area contributed by atoms with Crippen molar-refractivity contribution in [3.8, 4) is 5.75 Å². The smallest absolute Gasteiger partial charge is 0.261 e. The van der Waals surface area contributed by atoms with Gasteiger partial charge in [-0.25, -0.2) is 0 Å². The highest BCUT2D eigenvalue weighted by Crippen LogP contribution is 2.21. The third-order valence-corrected chi connectivity index (χ3v) is 5.20. The van der Waals surface area contributed by atoms with E-state index in [4.69, 9.17) is 16.3 Å². The molecular weight excluding hydrogens is 400 g/mol. The molecule has 2 aromatic rings. The summed E-state index contributed by atoms with van der Waals surface area (Å²) in [5, 5.41) is 3.56. The van der Waals surface area contributed by atoms with E-state index in [0.29, 0.717) is 29.8 Å².